The summed E-state index contributed by atoms with van der Waals surface area (Å²) in [7, 11) is -1.54. The van der Waals surface area contributed by atoms with E-state index in [4.69, 9.17) is 0 Å². The fourth-order valence-corrected chi connectivity index (χ4v) is 44.3. The minimum atomic E-state index is -2.20. The van der Waals surface area contributed by atoms with Gasteiger partial charge in [0.2, 0.25) is 0 Å². The van der Waals surface area contributed by atoms with Gasteiger partial charge in [-0.05, 0) is 0 Å². The van der Waals surface area contributed by atoms with E-state index >= 15 is 0 Å². The van der Waals surface area contributed by atoms with Crippen LogP contribution in [-0.4, -0.2) is 9.98 Å². The van der Waals surface area contributed by atoms with Crippen LogP contribution >= 0.6 is 0 Å². The molecule has 0 heterocycles. The van der Waals surface area contributed by atoms with Gasteiger partial charge in [-0.15, -0.1) is 0 Å². The average molecular weight is 685 g/mol. The van der Waals surface area contributed by atoms with E-state index in [9.17, 15) is 0 Å². The van der Waals surface area contributed by atoms with Gasteiger partial charge in [-0.1, -0.05) is 0 Å². The first-order valence-corrected chi connectivity index (χ1v) is 26.7. The molecule has 5 aromatic rings. The summed E-state index contributed by atoms with van der Waals surface area (Å²) in [6, 6.07) is 39.3. The Hall–Kier alpha value is -1.89. The molecule has 0 saturated heterocycles. The molecule has 0 radical (unpaired) electrons. The van der Waals surface area contributed by atoms with Gasteiger partial charge in [-0.3, -0.25) is 0 Å². The van der Waals surface area contributed by atoms with Crippen LogP contribution in [0.1, 0.15) is 43.4 Å². The zero-order valence-corrected chi connectivity index (χ0v) is 28.4. The van der Waals surface area contributed by atoms with Gasteiger partial charge < -0.3 is 24.8 Å². The molecule has 0 aromatic heterocycles. The average Bonchev–Trinajstić information content (AvgIpc) is 3.46. The Morgan fingerprint density at radius 3 is 1.46 bits per heavy atom. The Labute approximate surface area is 252 Å². The second-order valence-corrected chi connectivity index (χ2v) is 36.3. The first-order valence-electron chi connectivity index (χ1n) is 13.3. The van der Waals surface area contributed by atoms with Crippen molar-refractivity contribution in [2.75, 3.05) is 0 Å². The number of fused-ring (bicyclic) bond motifs is 6. The van der Waals surface area contributed by atoms with Gasteiger partial charge in [0.05, 0.1) is 0 Å². The number of allylic oxidation sites excluding steroid dienone is 2. The molecule has 39 heavy (non-hydrogen) atoms. The van der Waals surface area contributed by atoms with Crippen LogP contribution in [0, 0.1) is 0 Å². The van der Waals surface area contributed by atoms with Crippen molar-refractivity contribution >= 4 is 48.1 Å². The van der Waals surface area contributed by atoms with E-state index in [1.807, 2.05) is 0 Å². The molecule has 2 aliphatic rings. The van der Waals surface area contributed by atoms with Gasteiger partial charge in [-0.25, -0.2) is 0 Å². The predicted molar refractivity (Wildman–Crippen MR) is 158 cm³/mol. The summed E-state index contributed by atoms with van der Waals surface area (Å²) in [5.74, 6) is 2.71. The smallest absolute Gasteiger partial charge is 1.00 e. The summed E-state index contributed by atoms with van der Waals surface area (Å²) < 4.78 is 2.97. The Morgan fingerprint density at radius 2 is 0.974 bits per heavy atom. The van der Waals surface area contributed by atoms with Crippen molar-refractivity contribution in [1.82, 2.24) is 0 Å². The maximum atomic E-state index is 2.71. The van der Waals surface area contributed by atoms with Crippen molar-refractivity contribution in [1.29, 1.82) is 0 Å². The standard InChI is InChI=1S/2C14H11.C7H8Ge.2ClH.Zr/c2*1-10-8-12-7-6-11-4-2-3-5-13(11)14(12)9-10;1-8-7-5-3-2-4-6-7;;;/h2*2-9H,1H3;2-6H,1H3;2*1H;/q;;;;;+2/p-2. The first-order chi connectivity index (χ1) is 18.1. The normalized spacial score (nSPS) is 16.8. The van der Waals surface area contributed by atoms with Crippen LogP contribution in [0.5, 0.6) is 0 Å². The molecule has 0 amide bonds. The van der Waals surface area contributed by atoms with Crippen molar-refractivity contribution in [3.05, 3.63) is 137 Å². The summed E-state index contributed by atoms with van der Waals surface area (Å²) in [6.07, 6.45) is 5.10. The third-order valence-corrected chi connectivity index (χ3v) is 41.6. The molecule has 0 aliphatic heterocycles. The zero-order chi connectivity index (χ0) is 25.1. The van der Waals surface area contributed by atoms with Crippen molar-refractivity contribution in [2.45, 2.75) is 26.9 Å². The predicted octanol–water partition coefficient (Wildman–Crippen LogP) is 2.76. The molecule has 4 heteroatoms. The van der Waals surface area contributed by atoms with Crippen molar-refractivity contribution in [2.24, 2.45) is 0 Å². The number of hydrogen-bond donors (Lipinski definition) is 0. The Bertz CT molecular complexity index is 1710. The molecular weight excluding hydrogens is 655 g/mol. The minimum absolute atomic E-state index is 0. The molecule has 0 N–H and O–H groups in total. The summed E-state index contributed by atoms with van der Waals surface area (Å²) in [5.41, 5.74) is 9.47. The van der Waals surface area contributed by atoms with E-state index in [2.05, 4.69) is 135 Å². The second-order valence-electron chi connectivity index (χ2n) is 10.7. The van der Waals surface area contributed by atoms with Gasteiger partial charge >= 0.3 is 230 Å². The molecule has 0 spiro atoms. The molecule has 2 atom stereocenters. The van der Waals surface area contributed by atoms with Gasteiger partial charge in [0.1, 0.15) is 0 Å². The van der Waals surface area contributed by atoms with E-state index in [1.54, 1.807) is 26.7 Å². The third kappa shape index (κ3) is 4.74. The molecule has 0 bridgehead atoms. The summed E-state index contributed by atoms with van der Waals surface area (Å²) in [5, 5.41) is 5.57. The maximum absolute atomic E-state index is 2.71. The molecule has 2 unspecified atom stereocenters. The van der Waals surface area contributed by atoms with Crippen LogP contribution in [0.3, 0.4) is 0 Å². The third-order valence-electron chi connectivity index (χ3n) is 8.55. The SMILES string of the molecule is CC1=Cc2c(ccc3ccccc23)[CH]1[Zr+2]([CH]1C(C)=Cc2c1ccc1ccccc21)=[Ge]([CH3])[c]1ccccc1.[Cl-].[Cl-]. The summed E-state index contributed by atoms with van der Waals surface area (Å²) in [4.78, 5) is 0. The van der Waals surface area contributed by atoms with Crippen molar-refractivity contribution in [3.8, 4) is 0 Å². The molecule has 0 nitrogen and oxygen atoms in total. The van der Waals surface area contributed by atoms with Crippen LogP contribution in [0.25, 0.3) is 33.7 Å². The molecule has 192 valence electrons. The van der Waals surface area contributed by atoms with E-state index < -0.39 is 28.6 Å². The van der Waals surface area contributed by atoms with Gasteiger partial charge in [-0.2, -0.15) is 0 Å². The number of hydrogen-bond acceptors (Lipinski definition) is 0. The quantitative estimate of drug-likeness (QED) is 0.257. The fourth-order valence-electron chi connectivity index (χ4n) is 6.84. The van der Waals surface area contributed by atoms with Gasteiger partial charge in [0.25, 0.3) is 0 Å². The molecule has 5 aromatic carbocycles. The number of halogens is 2. The fraction of sp³-hybridized carbons (Fsp3) is 0.143. The van der Waals surface area contributed by atoms with E-state index in [1.165, 1.54) is 32.7 Å². The molecule has 0 fully saturated rings. The van der Waals surface area contributed by atoms with Crippen LogP contribution in [-0.2, 0) is 18.6 Å². The minimum Gasteiger partial charge on any atom is -1.00 e. The molecule has 0 saturated carbocycles. The van der Waals surface area contributed by atoms with Crippen LogP contribution in [0.2, 0.25) is 5.76 Å². The monoisotopic (exact) mass is 684 g/mol. The van der Waals surface area contributed by atoms with E-state index in [-0.39, 0.29) is 24.8 Å². The molecular formula is C35H30Cl2GeZr. The first kappa shape index (κ1) is 28.6. The van der Waals surface area contributed by atoms with Gasteiger partial charge in [0.15, 0.2) is 0 Å². The number of benzene rings is 5. The topological polar surface area (TPSA) is 0 Å². The Balaban J connectivity index is 0.00000154. The Morgan fingerprint density at radius 1 is 0.538 bits per heavy atom. The zero-order valence-electron chi connectivity index (χ0n) is 22.4. The van der Waals surface area contributed by atoms with Crippen LogP contribution < -0.4 is 29.2 Å². The molecule has 7 rings (SSSR count). The Kier molecular flexibility index (Phi) is 8.47. The van der Waals surface area contributed by atoms with Crippen LogP contribution in [0.4, 0.5) is 0 Å². The second kappa shape index (κ2) is 11.5. The van der Waals surface area contributed by atoms with E-state index in [0.29, 0.717) is 7.25 Å². The van der Waals surface area contributed by atoms with Gasteiger partial charge in [0, 0.05) is 0 Å². The van der Waals surface area contributed by atoms with E-state index in [0.717, 1.165) is 0 Å². The van der Waals surface area contributed by atoms with Crippen LogP contribution in [0.15, 0.2) is 114 Å². The largest absolute Gasteiger partial charge is 1.00 e. The van der Waals surface area contributed by atoms with Crippen molar-refractivity contribution < 1.29 is 43.4 Å². The van der Waals surface area contributed by atoms with Crippen molar-refractivity contribution in [3.63, 3.8) is 0 Å². The maximum Gasteiger partial charge on any atom is -1.00 e. The molecule has 2 aliphatic carbocycles. The summed E-state index contributed by atoms with van der Waals surface area (Å²) >= 11 is -2.20. The summed E-state index contributed by atoms with van der Waals surface area (Å²) in [6.45, 7) is 4.87. The number of rotatable bonds is 3.